The van der Waals surface area contributed by atoms with E-state index in [1.54, 1.807) is 23.9 Å². The highest BCUT2D eigenvalue weighted by Gasteiger charge is 2.35. The second-order valence-electron chi connectivity index (χ2n) is 4.33. The van der Waals surface area contributed by atoms with Crippen molar-refractivity contribution in [1.29, 1.82) is 0 Å². The fraction of sp³-hybridized carbons (Fsp3) is 0.455. The molecule has 1 amide bonds. The van der Waals surface area contributed by atoms with Gasteiger partial charge in [0.25, 0.3) is 5.91 Å². The van der Waals surface area contributed by atoms with Gasteiger partial charge in [0.15, 0.2) is 0 Å². The minimum Gasteiger partial charge on any atom is -0.481 e. The van der Waals surface area contributed by atoms with Crippen molar-refractivity contribution in [2.45, 2.75) is 18.9 Å². The predicted molar refractivity (Wildman–Crippen MR) is 62.0 cm³/mol. The molecular weight excluding hydrogens is 244 g/mol. The maximum Gasteiger partial charge on any atom is 0.306 e. The van der Waals surface area contributed by atoms with Crippen molar-refractivity contribution >= 4 is 23.5 Å². The monoisotopic (exact) mass is 256 g/mol. The molecule has 0 spiro atoms. The van der Waals surface area contributed by atoms with E-state index >= 15 is 0 Å². The number of nitrogens with zero attached hydrogens (tertiary/aromatic N) is 1. The maximum absolute atomic E-state index is 11.8. The van der Waals surface area contributed by atoms with Crippen molar-refractivity contribution in [2.24, 2.45) is 13.0 Å². The first-order valence-electron chi connectivity index (χ1n) is 5.33. The molecule has 2 rings (SSSR count). The molecule has 2 N–H and O–H groups in total. The molecule has 1 saturated carbocycles. The highest BCUT2D eigenvalue weighted by Crippen LogP contribution is 2.27. The molecule has 17 heavy (non-hydrogen) atoms. The van der Waals surface area contributed by atoms with E-state index in [2.05, 4.69) is 5.32 Å². The van der Waals surface area contributed by atoms with Gasteiger partial charge in [0, 0.05) is 19.3 Å². The zero-order valence-electron chi connectivity index (χ0n) is 9.31. The SMILES string of the molecule is Cn1cc(Cl)cc1C(=O)NC1CC(C(=O)O)C1. The van der Waals surface area contributed by atoms with E-state index in [1.807, 2.05) is 0 Å². The maximum atomic E-state index is 11.8. The molecule has 5 nitrogen and oxygen atoms in total. The van der Waals surface area contributed by atoms with Crippen LogP contribution in [-0.4, -0.2) is 27.6 Å². The van der Waals surface area contributed by atoms with Crippen LogP contribution in [0.3, 0.4) is 0 Å². The van der Waals surface area contributed by atoms with Crippen LogP contribution in [0.5, 0.6) is 0 Å². The van der Waals surface area contributed by atoms with Gasteiger partial charge in [0.2, 0.25) is 0 Å². The quantitative estimate of drug-likeness (QED) is 0.856. The molecule has 0 radical (unpaired) electrons. The summed E-state index contributed by atoms with van der Waals surface area (Å²) >= 11 is 5.78. The summed E-state index contributed by atoms with van der Waals surface area (Å²) in [7, 11) is 1.74. The molecule has 1 aliphatic rings. The molecular formula is C11H13ClN2O3. The van der Waals surface area contributed by atoms with E-state index in [1.165, 1.54) is 0 Å². The van der Waals surface area contributed by atoms with Gasteiger partial charge in [-0.15, -0.1) is 0 Å². The van der Waals surface area contributed by atoms with Crippen LogP contribution in [0, 0.1) is 5.92 Å². The van der Waals surface area contributed by atoms with Crippen molar-refractivity contribution in [3.05, 3.63) is 23.0 Å². The molecule has 0 saturated heterocycles. The Kier molecular flexibility index (Phi) is 3.11. The lowest BCUT2D eigenvalue weighted by Crippen LogP contribution is -2.47. The number of carbonyl (C=O) groups excluding carboxylic acids is 1. The number of aliphatic carboxylic acids is 1. The number of aryl methyl sites for hydroxylation is 1. The summed E-state index contributed by atoms with van der Waals surface area (Å²) in [6.45, 7) is 0. The van der Waals surface area contributed by atoms with Crippen LogP contribution in [0.4, 0.5) is 0 Å². The van der Waals surface area contributed by atoms with Crippen molar-refractivity contribution in [1.82, 2.24) is 9.88 Å². The number of nitrogens with one attached hydrogen (secondary N) is 1. The fourth-order valence-corrected chi connectivity index (χ4v) is 2.20. The van der Waals surface area contributed by atoms with E-state index in [9.17, 15) is 9.59 Å². The van der Waals surface area contributed by atoms with Gasteiger partial charge in [0.1, 0.15) is 5.69 Å². The minimum atomic E-state index is -0.794. The van der Waals surface area contributed by atoms with Gasteiger partial charge < -0.3 is 15.0 Å². The van der Waals surface area contributed by atoms with Crippen LogP contribution in [0.25, 0.3) is 0 Å². The molecule has 1 aliphatic carbocycles. The van der Waals surface area contributed by atoms with Crippen LogP contribution < -0.4 is 5.32 Å². The molecule has 0 bridgehead atoms. The third-order valence-electron chi connectivity index (χ3n) is 3.03. The zero-order chi connectivity index (χ0) is 12.6. The third-order valence-corrected chi connectivity index (χ3v) is 3.23. The Morgan fingerprint density at radius 3 is 2.65 bits per heavy atom. The summed E-state index contributed by atoms with van der Waals surface area (Å²) in [5, 5.41) is 12.0. The molecule has 0 atom stereocenters. The molecule has 1 aromatic rings. The average Bonchev–Trinajstić information content (AvgIpc) is 2.49. The molecule has 0 aliphatic heterocycles. The highest BCUT2D eigenvalue weighted by molar-refractivity contribution is 6.31. The Morgan fingerprint density at radius 1 is 1.53 bits per heavy atom. The minimum absolute atomic E-state index is 0.0442. The number of carbonyl (C=O) groups is 2. The summed E-state index contributed by atoms with van der Waals surface area (Å²) in [6, 6.07) is 1.54. The fourth-order valence-electron chi connectivity index (χ4n) is 1.95. The number of carboxylic acid groups (broad SMARTS) is 1. The number of halogens is 1. The van der Waals surface area contributed by atoms with Gasteiger partial charge in [-0.25, -0.2) is 0 Å². The van der Waals surface area contributed by atoms with Crippen molar-refractivity contribution in [3.63, 3.8) is 0 Å². The summed E-state index contributed by atoms with van der Waals surface area (Å²) in [4.78, 5) is 22.4. The van der Waals surface area contributed by atoms with E-state index in [-0.39, 0.29) is 17.9 Å². The van der Waals surface area contributed by atoms with Gasteiger partial charge in [-0.05, 0) is 18.9 Å². The molecule has 6 heteroatoms. The summed E-state index contributed by atoms with van der Waals surface area (Å²) in [6.07, 6.45) is 2.65. The Hall–Kier alpha value is -1.49. The topological polar surface area (TPSA) is 71.3 Å². The highest BCUT2D eigenvalue weighted by atomic mass is 35.5. The van der Waals surface area contributed by atoms with Gasteiger partial charge in [0.05, 0.1) is 10.9 Å². The van der Waals surface area contributed by atoms with E-state index in [0.717, 1.165) is 0 Å². The Bertz CT molecular complexity index is 463. The first-order valence-corrected chi connectivity index (χ1v) is 5.70. The third kappa shape index (κ3) is 2.44. The van der Waals surface area contributed by atoms with Gasteiger partial charge in [-0.3, -0.25) is 9.59 Å². The predicted octanol–water partition coefficient (Wildman–Crippen LogP) is 1.27. The Balaban J connectivity index is 1.91. The molecule has 1 heterocycles. The van der Waals surface area contributed by atoms with Crippen LogP contribution >= 0.6 is 11.6 Å². The second kappa shape index (κ2) is 4.41. The number of hydrogen-bond acceptors (Lipinski definition) is 2. The molecule has 1 fully saturated rings. The summed E-state index contributed by atoms with van der Waals surface area (Å²) < 4.78 is 1.64. The van der Waals surface area contributed by atoms with E-state index in [4.69, 9.17) is 16.7 Å². The smallest absolute Gasteiger partial charge is 0.306 e. The van der Waals surface area contributed by atoms with Crippen LogP contribution in [0.1, 0.15) is 23.3 Å². The number of carboxylic acids is 1. The van der Waals surface area contributed by atoms with E-state index in [0.29, 0.717) is 23.6 Å². The molecule has 1 aromatic heterocycles. The van der Waals surface area contributed by atoms with Crippen LogP contribution in [-0.2, 0) is 11.8 Å². The largest absolute Gasteiger partial charge is 0.481 e. The second-order valence-corrected chi connectivity index (χ2v) is 4.77. The zero-order valence-corrected chi connectivity index (χ0v) is 10.1. The standard InChI is InChI=1S/C11H13ClN2O3/c1-14-5-7(12)4-9(14)10(15)13-8-2-6(3-8)11(16)17/h4-6,8H,2-3H2,1H3,(H,13,15)(H,16,17). The Labute approximate surface area is 103 Å². The lowest BCUT2D eigenvalue weighted by atomic mass is 9.80. The van der Waals surface area contributed by atoms with Crippen molar-refractivity contribution in [2.75, 3.05) is 0 Å². The normalized spacial score (nSPS) is 22.9. The van der Waals surface area contributed by atoms with E-state index < -0.39 is 5.97 Å². The van der Waals surface area contributed by atoms with Gasteiger partial charge in [-0.1, -0.05) is 11.6 Å². The molecule has 0 aromatic carbocycles. The number of rotatable bonds is 3. The van der Waals surface area contributed by atoms with Gasteiger partial charge >= 0.3 is 5.97 Å². The van der Waals surface area contributed by atoms with Gasteiger partial charge in [-0.2, -0.15) is 0 Å². The molecule has 92 valence electrons. The number of amides is 1. The number of aromatic nitrogens is 1. The summed E-state index contributed by atoms with van der Waals surface area (Å²) in [5.41, 5.74) is 0.480. The number of hydrogen-bond donors (Lipinski definition) is 2. The first kappa shape index (κ1) is 12.0. The lowest BCUT2D eigenvalue weighted by Gasteiger charge is -2.32. The van der Waals surface area contributed by atoms with Crippen molar-refractivity contribution in [3.8, 4) is 0 Å². The van der Waals surface area contributed by atoms with Crippen LogP contribution in [0.15, 0.2) is 12.3 Å². The molecule has 0 unspecified atom stereocenters. The average molecular weight is 257 g/mol. The summed E-state index contributed by atoms with van der Waals surface area (Å²) in [5.74, 6) is -1.33. The van der Waals surface area contributed by atoms with Crippen LogP contribution in [0.2, 0.25) is 5.02 Å². The Morgan fingerprint density at radius 2 is 2.18 bits per heavy atom. The lowest BCUT2D eigenvalue weighted by molar-refractivity contribution is -0.145. The first-order chi connectivity index (χ1) is 7.97. The van der Waals surface area contributed by atoms with Crippen molar-refractivity contribution < 1.29 is 14.7 Å².